The number of carbonyl (C=O) groups is 6. The van der Waals surface area contributed by atoms with E-state index in [-0.39, 0.29) is 86.9 Å². The second kappa shape index (κ2) is 22.7. The largest absolute Gasteiger partial charge is 0.459 e. The molecule has 18 heteroatoms. The molecule has 0 saturated heterocycles. The van der Waals surface area contributed by atoms with Crippen LogP contribution >= 0.6 is 22.7 Å². The number of aliphatic imine (C=N–C) groups is 2. The number of ether oxygens (including phenoxy) is 4. The van der Waals surface area contributed by atoms with Crippen LogP contribution in [0.5, 0.6) is 0 Å². The normalized spacial score (nSPS) is 15.3. The number of nitriles is 4. The average molecular weight is 1160 g/mol. The van der Waals surface area contributed by atoms with Crippen molar-refractivity contribution in [1.82, 2.24) is 0 Å². The highest BCUT2D eigenvalue weighted by atomic mass is 32.1. The highest BCUT2D eigenvalue weighted by Gasteiger charge is 2.72. The molecule has 0 radical (unpaired) electrons. The van der Waals surface area contributed by atoms with Crippen LogP contribution in [0, 0.1) is 45.3 Å². The van der Waals surface area contributed by atoms with Gasteiger partial charge in [0, 0.05) is 54.3 Å². The van der Waals surface area contributed by atoms with Gasteiger partial charge in [0.05, 0.1) is 0 Å². The lowest BCUT2D eigenvalue weighted by molar-refractivity contribution is -0.165. The average Bonchev–Trinajstić information content (AvgIpc) is 1.49. The number of thiophene rings is 2. The van der Waals surface area contributed by atoms with E-state index in [9.17, 15) is 30.6 Å². The van der Waals surface area contributed by atoms with Crippen LogP contribution in [0.2, 0.25) is 0 Å². The second-order valence-electron chi connectivity index (χ2n) is 19.8. The number of hydrogen-bond donors (Lipinski definition) is 0. The Morgan fingerprint density at radius 1 is 0.395 bits per heavy atom. The Morgan fingerprint density at radius 2 is 0.663 bits per heavy atom. The molecule has 0 saturated carbocycles. The molecule has 8 aromatic rings. The summed E-state index contributed by atoms with van der Waals surface area (Å²) in [5.74, 6) is -6.24. The summed E-state index contributed by atoms with van der Waals surface area (Å²) in [5, 5.41) is 40.9. The van der Waals surface area contributed by atoms with Crippen molar-refractivity contribution in [3.05, 3.63) is 259 Å². The van der Waals surface area contributed by atoms with Crippen molar-refractivity contribution in [3.8, 4) is 24.3 Å². The predicted molar refractivity (Wildman–Crippen MR) is 316 cm³/mol. The first-order valence-corrected chi connectivity index (χ1v) is 28.1. The molecule has 4 aliphatic carbocycles. The van der Waals surface area contributed by atoms with Gasteiger partial charge in [0.2, 0.25) is 22.4 Å². The van der Waals surface area contributed by atoms with E-state index in [1.165, 1.54) is 24.3 Å². The van der Waals surface area contributed by atoms with E-state index >= 15 is 19.2 Å². The fourth-order valence-electron chi connectivity index (χ4n) is 11.1. The minimum atomic E-state index is -2.81. The number of hydrogen-bond acceptors (Lipinski definition) is 18. The Hall–Kier alpha value is -11.5. The monoisotopic (exact) mass is 1160 g/mol. The van der Waals surface area contributed by atoms with Gasteiger partial charge < -0.3 is 18.9 Å². The highest BCUT2D eigenvalue weighted by molar-refractivity contribution is 7.19. The van der Waals surface area contributed by atoms with Gasteiger partial charge in [0.1, 0.15) is 83.3 Å². The lowest BCUT2D eigenvalue weighted by atomic mass is 9.76. The van der Waals surface area contributed by atoms with Gasteiger partial charge in [-0.15, -0.1) is 22.7 Å². The van der Waals surface area contributed by atoms with Crippen molar-refractivity contribution in [2.45, 2.75) is 37.3 Å². The Morgan fingerprint density at radius 3 is 0.942 bits per heavy atom. The predicted octanol–water partition coefficient (Wildman–Crippen LogP) is 11.7. The molecular weight excluding hydrogens is 1120 g/mol. The summed E-state index contributed by atoms with van der Waals surface area (Å²) in [7, 11) is 0. The van der Waals surface area contributed by atoms with Crippen molar-refractivity contribution < 1.29 is 47.7 Å². The van der Waals surface area contributed by atoms with Crippen LogP contribution in [-0.2, 0) is 75.4 Å². The molecule has 412 valence electrons. The third-order valence-electron chi connectivity index (χ3n) is 15.0. The molecule has 16 nitrogen and oxygen atoms in total. The highest BCUT2D eigenvalue weighted by Crippen LogP contribution is 2.69. The molecule has 0 N–H and O–H groups in total. The van der Waals surface area contributed by atoms with Crippen LogP contribution in [0.1, 0.15) is 75.0 Å². The minimum absolute atomic E-state index is 0.0640. The number of esters is 4. The van der Waals surface area contributed by atoms with Gasteiger partial charge in [-0.1, -0.05) is 170 Å². The van der Waals surface area contributed by atoms with Crippen LogP contribution in [0.15, 0.2) is 203 Å². The first kappa shape index (κ1) is 55.0. The topological polar surface area (TPSA) is 259 Å². The maximum Gasteiger partial charge on any atom is 0.333 e. The number of nitrogens with zero attached hydrogens (tertiary/aromatic N) is 6. The molecule has 0 amide bonds. The zero-order chi connectivity index (χ0) is 59.7. The lowest BCUT2D eigenvalue weighted by Crippen LogP contribution is -2.45. The van der Waals surface area contributed by atoms with Crippen molar-refractivity contribution in [2.75, 3.05) is 0 Å². The molecule has 0 spiro atoms. The fraction of sp³-hybridized carbons (Fsp3) is 0.0882. The molecule has 0 unspecified atom stereocenters. The molecule has 0 atom stereocenters. The minimum Gasteiger partial charge on any atom is -0.459 e. The summed E-state index contributed by atoms with van der Waals surface area (Å²) in [4.78, 5) is 103. The smallest absolute Gasteiger partial charge is 0.333 e. The zero-order valence-electron chi connectivity index (χ0n) is 44.7. The Bertz CT molecular complexity index is 4150. The van der Waals surface area contributed by atoms with Crippen LogP contribution < -0.4 is 0 Å². The van der Waals surface area contributed by atoms with Crippen molar-refractivity contribution in [2.24, 2.45) is 9.98 Å². The summed E-state index contributed by atoms with van der Waals surface area (Å²) < 4.78 is 25.1. The van der Waals surface area contributed by atoms with E-state index in [2.05, 4.69) is 0 Å². The van der Waals surface area contributed by atoms with Crippen molar-refractivity contribution in [3.63, 3.8) is 0 Å². The molecule has 0 fully saturated rings. The number of rotatable bonds is 14. The van der Waals surface area contributed by atoms with E-state index in [1.807, 2.05) is 24.3 Å². The number of carbonyl (C=O) groups excluding carboxylic acids is 6. The number of ketones is 2. The van der Waals surface area contributed by atoms with Crippen molar-refractivity contribution in [1.29, 1.82) is 21.0 Å². The first-order valence-electron chi connectivity index (χ1n) is 26.4. The van der Waals surface area contributed by atoms with Crippen LogP contribution in [0.3, 0.4) is 0 Å². The van der Waals surface area contributed by atoms with Gasteiger partial charge in [0.15, 0.2) is 0 Å². The number of benzene rings is 6. The molecule has 2 aromatic heterocycles. The van der Waals surface area contributed by atoms with Gasteiger partial charge in [-0.25, -0.2) is 9.98 Å². The van der Waals surface area contributed by atoms with Crippen LogP contribution in [0.25, 0.3) is 22.3 Å². The van der Waals surface area contributed by atoms with Gasteiger partial charge >= 0.3 is 23.9 Å². The molecule has 2 heterocycles. The standard InChI is InChI=1S/C68H38N6O10S2/c69-31-43(32-70)53-45-25-13-15-27-47(45)59(75)57(53)73-51-29-49-61(85-51)56-55(67(49,63(77)81-35-39-17-5-1-6-18-39)64(78)82-36-40-19-7-2-8-20-40)62-50(30-52(86-62)74-58-54(44(33-71)34-72)46-26-14-16-28-48(46)60(58)76)68(56,65(79)83-37-41-21-9-3-10-22-41)66(80)84-38-42-23-11-4-12-24-42/h1-30H,35-38H2/b73-57-,74-58-. The summed E-state index contributed by atoms with van der Waals surface area (Å²) in [5.41, 5.74) is -5.33. The SMILES string of the molecule is N#CC(C#N)=C1/C(=N/c2cc3c(s2)C2=C(c4sc(/N=C5\C(=O)c6ccccc6C5=C(C#N)C#N)cc4C2(C(=O)OCc2ccccc2)C(=O)OCc2ccccc2)C3(C(=O)OCc2ccccc2)C(=O)OCc2ccccc2)C(=O)c2ccccc21. The summed E-state index contributed by atoms with van der Waals surface area (Å²) in [6.07, 6.45) is 0. The van der Waals surface area contributed by atoms with E-state index in [1.54, 1.807) is 158 Å². The van der Waals surface area contributed by atoms with Gasteiger partial charge in [0.25, 0.3) is 0 Å². The fourth-order valence-corrected chi connectivity index (χ4v) is 13.5. The third-order valence-corrected chi connectivity index (χ3v) is 17.0. The van der Waals surface area contributed by atoms with Gasteiger partial charge in [-0.2, -0.15) is 21.0 Å². The molecule has 0 bridgehead atoms. The lowest BCUT2D eigenvalue weighted by Gasteiger charge is -2.29. The zero-order valence-corrected chi connectivity index (χ0v) is 46.4. The summed E-state index contributed by atoms with van der Waals surface area (Å²) in [6.45, 7) is -1.63. The van der Waals surface area contributed by atoms with E-state index in [4.69, 9.17) is 28.9 Å². The third kappa shape index (κ3) is 9.03. The Kier molecular flexibility index (Phi) is 14.5. The van der Waals surface area contributed by atoms with Crippen LogP contribution in [-0.4, -0.2) is 46.9 Å². The first-order chi connectivity index (χ1) is 42.0. The number of fused-ring (bicyclic) bond motifs is 6. The molecule has 86 heavy (non-hydrogen) atoms. The maximum absolute atomic E-state index is 16.2. The number of allylic oxidation sites excluding steroid dienone is 4. The van der Waals surface area contributed by atoms with Gasteiger partial charge in [-0.3, -0.25) is 28.8 Å². The van der Waals surface area contributed by atoms with Gasteiger partial charge in [-0.05, 0) is 45.5 Å². The molecule has 0 aliphatic heterocycles. The second-order valence-corrected chi connectivity index (χ2v) is 21.8. The quantitative estimate of drug-likeness (QED) is 0.0424. The summed E-state index contributed by atoms with van der Waals surface area (Å²) >= 11 is 1.56. The van der Waals surface area contributed by atoms with E-state index < -0.39 is 83.8 Å². The Labute approximate surface area is 498 Å². The molecular formula is C68H38N6O10S2. The molecule has 6 aromatic carbocycles. The van der Waals surface area contributed by atoms with E-state index in [0.29, 0.717) is 22.3 Å². The summed E-state index contributed by atoms with van der Waals surface area (Å²) in [6, 6.07) is 57.2. The maximum atomic E-state index is 16.2. The Balaban J connectivity index is 1.17. The number of Topliss-reactive ketones (excluding diaryl/α,β-unsaturated/α-hetero) is 2. The van der Waals surface area contributed by atoms with Crippen molar-refractivity contribution >= 4 is 102 Å². The van der Waals surface area contributed by atoms with E-state index in [0.717, 1.165) is 22.7 Å². The molecule has 12 rings (SSSR count). The van der Waals surface area contributed by atoms with Crippen LogP contribution in [0.4, 0.5) is 10.0 Å². The molecule has 4 aliphatic rings.